The van der Waals surface area contributed by atoms with Gasteiger partial charge in [-0.05, 0) is 39.3 Å². The number of amides is 1. The molecule has 110 valence electrons. The molecule has 1 amide bonds. The zero-order valence-electron chi connectivity index (χ0n) is 12.7. The largest absolute Gasteiger partial charge is 0.444 e. The molecule has 0 N–H and O–H groups in total. The topological polar surface area (TPSA) is 45.7 Å². The van der Waals surface area contributed by atoms with Crippen molar-refractivity contribution in [1.82, 2.24) is 9.88 Å². The Bertz CT molecular complexity index is 457. The zero-order chi connectivity index (χ0) is 14.8. The van der Waals surface area contributed by atoms with Crippen molar-refractivity contribution < 1.29 is 9.53 Å². The Morgan fingerprint density at radius 3 is 2.35 bits per heavy atom. The predicted molar refractivity (Wildman–Crippen MR) is 79.0 cm³/mol. The number of aryl methyl sites for hydroxylation is 1. The van der Waals surface area contributed by atoms with Crippen molar-refractivity contribution in [2.45, 2.75) is 33.3 Å². The Hall–Kier alpha value is -1.78. The molecule has 0 aliphatic carbocycles. The van der Waals surface area contributed by atoms with Crippen LogP contribution in [0.3, 0.4) is 0 Å². The van der Waals surface area contributed by atoms with Crippen LogP contribution in [0.5, 0.6) is 0 Å². The normalized spacial score (nSPS) is 16.2. The van der Waals surface area contributed by atoms with Crippen LogP contribution in [0.1, 0.15) is 26.3 Å². The quantitative estimate of drug-likeness (QED) is 0.791. The van der Waals surface area contributed by atoms with Crippen molar-refractivity contribution in [3.63, 3.8) is 0 Å². The number of aromatic nitrogens is 1. The molecule has 1 aromatic heterocycles. The summed E-state index contributed by atoms with van der Waals surface area (Å²) in [6.07, 6.45) is 1.64. The molecule has 0 aromatic carbocycles. The van der Waals surface area contributed by atoms with E-state index in [0.717, 1.165) is 24.5 Å². The molecule has 0 unspecified atom stereocenters. The van der Waals surface area contributed by atoms with E-state index in [4.69, 9.17) is 4.74 Å². The first-order chi connectivity index (χ1) is 9.35. The second-order valence-electron chi connectivity index (χ2n) is 6.15. The minimum Gasteiger partial charge on any atom is -0.444 e. The highest BCUT2D eigenvalue weighted by atomic mass is 16.6. The molecule has 1 aliphatic heterocycles. The van der Waals surface area contributed by atoms with Gasteiger partial charge in [0.15, 0.2) is 0 Å². The third-order valence-electron chi connectivity index (χ3n) is 3.15. The van der Waals surface area contributed by atoms with Gasteiger partial charge in [-0.2, -0.15) is 0 Å². The summed E-state index contributed by atoms with van der Waals surface area (Å²) in [7, 11) is 0. The SMILES string of the molecule is Cc1ccc(N2CCN(C(=O)OC(C)(C)C)CC2)nc1. The molecular formula is C15H23N3O2. The second kappa shape index (κ2) is 5.69. The van der Waals surface area contributed by atoms with Gasteiger partial charge >= 0.3 is 6.09 Å². The number of carbonyl (C=O) groups is 1. The lowest BCUT2D eigenvalue weighted by molar-refractivity contribution is 0.0240. The number of piperazine rings is 1. The Kier molecular flexibility index (Phi) is 4.16. The van der Waals surface area contributed by atoms with Crippen molar-refractivity contribution in [3.05, 3.63) is 23.9 Å². The molecule has 2 rings (SSSR count). The molecule has 1 aromatic rings. The smallest absolute Gasteiger partial charge is 0.410 e. The molecule has 0 saturated carbocycles. The molecule has 0 radical (unpaired) electrons. The van der Waals surface area contributed by atoms with Crippen LogP contribution in [0.4, 0.5) is 10.6 Å². The Morgan fingerprint density at radius 2 is 1.85 bits per heavy atom. The lowest BCUT2D eigenvalue weighted by Crippen LogP contribution is -2.50. The highest BCUT2D eigenvalue weighted by molar-refractivity contribution is 5.68. The molecule has 0 atom stereocenters. The zero-order valence-corrected chi connectivity index (χ0v) is 12.7. The van der Waals surface area contributed by atoms with Crippen molar-refractivity contribution >= 4 is 11.9 Å². The number of anilines is 1. The lowest BCUT2D eigenvalue weighted by Gasteiger charge is -2.36. The van der Waals surface area contributed by atoms with E-state index in [9.17, 15) is 4.79 Å². The number of hydrogen-bond acceptors (Lipinski definition) is 4. The fourth-order valence-electron chi connectivity index (χ4n) is 2.09. The maximum Gasteiger partial charge on any atom is 0.410 e. The van der Waals surface area contributed by atoms with E-state index in [1.165, 1.54) is 0 Å². The lowest BCUT2D eigenvalue weighted by atomic mass is 10.2. The summed E-state index contributed by atoms with van der Waals surface area (Å²) in [4.78, 5) is 20.3. The third-order valence-corrected chi connectivity index (χ3v) is 3.15. The molecule has 1 saturated heterocycles. The number of hydrogen-bond donors (Lipinski definition) is 0. The fourth-order valence-corrected chi connectivity index (χ4v) is 2.09. The number of ether oxygens (including phenoxy) is 1. The van der Waals surface area contributed by atoms with Crippen molar-refractivity contribution in [2.75, 3.05) is 31.1 Å². The Morgan fingerprint density at radius 1 is 1.20 bits per heavy atom. The minimum atomic E-state index is -0.438. The van der Waals surface area contributed by atoms with E-state index in [1.54, 1.807) is 4.90 Å². The minimum absolute atomic E-state index is 0.228. The van der Waals surface area contributed by atoms with Gasteiger partial charge in [-0.15, -0.1) is 0 Å². The monoisotopic (exact) mass is 277 g/mol. The molecule has 1 fully saturated rings. The second-order valence-corrected chi connectivity index (χ2v) is 6.15. The summed E-state index contributed by atoms with van der Waals surface area (Å²) in [5, 5.41) is 0. The maximum atomic E-state index is 12.0. The highest BCUT2D eigenvalue weighted by Crippen LogP contribution is 2.16. The molecule has 0 spiro atoms. The van der Waals surface area contributed by atoms with E-state index in [1.807, 2.05) is 40.0 Å². The Labute approximate surface area is 120 Å². The Balaban J connectivity index is 1.89. The third kappa shape index (κ3) is 3.85. The first-order valence-electron chi connectivity index (χ1n) is 7.01. The first-order valence-corrected chi connectivity index (χ1v) is 7.01. The fraction of sp³-hybridized carbons (Fsp3) is 0.600. The summed E-state index contributed by atoms with van der Waals surface area (Å²) >= 11 is 0. The molecular weight excluding hydrogens is 254 g/mol. The van der Waals surface area contributed by atoms with Crippen molar-refractivity contribution in [2.24, 2.45) is 0 Å². The van der Waals surface area contributed by atoms with Crippen LogP contribution < -0.4 is 4.90 Å². The standard InChI is InChI=1S/C15H23N3O2/c1-12-5-6-13(16-11-12)17-7-9-18(10-8-17)14(19)20-15(2,3)4/h5-6,11H,7-10H2,1-4H3. The number of rotatable bonds is 1. The van der Waals surface area contributed by atoms with Crippen LogP contribution >= 0.6 is 0 Å². The summed E-state index contributed by atoms with van der Waals surface area (Å²) in [6, 6.07) is 4.08. The molecule has 2 heterocycles. The highest BCUT2D eigenvalue weighted by Gasteiger charge is 2.26. The van der Waals surface area contributed by atoms with Crippen LogP contribution in [0.15, 0.2) is 18.3 Å². The van der Waals surface area contributed by atoms with Crippen molar-refractivity contribution in [3.8, 4) is 0 Å². The molecule has 0 bridgehead atoms. The predicted octanol–water partition coefficient (Wildman–Crippen LogP) is 2.45. The van der Waals surface area contributed by atoms with Crippen LogP contribution in [0.25, 0.3) is 0 Å². The number of nitrogens with zero attached hydrogens (tertiary/aromatic N) is 3. The maximum absolute atomic E-state index is 12.0. The van der Waals surface area contributed by atoms with E-state index >= 15 is 0 Å². The van der Waals surface area contributed by atoms with Crippen LogP contribution in [-0.2, 0) is 4.74 Å². The van der Waals surface area contributed by atoms with Crippen LogP contribution in [-0.4, -0.2) is 47.8 Å². The summed E-state index contributed by atoms with van der Waals surface area (Å²) < 4.78 is 5.39. The van der Waals surface area contributed by atoms with Gasteiger partial charge in [-0.25, -0.2) is 9.78 Å². The molecule has 1 aliphatic rings. The van der Waals surface area contributed by atoms with E-state index in [-0.39, 0.29) is 6.09 Å². The van der Waals surface area contributed by atoms with Gasteiger partial charge in [0.1, 0.15) is 11.4 Å². The molecule has 20 heavy (non-hydrogen) atoms. The molecule has 5 heteroatoms. The van der Waals surface area contributed by atoms with Crippen LogP contribution in [0.2, 0.25) is 0 Å². The van der Waals surface area contributed by atoms with Crippen LogP contribution in [0, 0.1) is 6.92 Å². The van der Waals surface area contributed by atoms with E-state index < -0.39 is 5.60 Å². The van der Waals surface area contributed by atoms with Gasteiger partial charge < -0.3 is 14.5 Å². The summed E-state index contributed by atoms with van der Waals surface area (Å²) in [5.74, 6) is 0.972. The van der Waals surface area contributed by atoms with Gasteiger partial charge in [0.25, 0.3) is 0 Å². The van der Waals surface area contributed by atoms with Gasteiger partial charge in [-0.1, -0.05) is 6.07 Å². The summed E-state index contributed by atoms with van der Waals surface area (Å²) in [5.41, 5.74) is 0.716. The molecule has 5 nitrogen and oxygen atoms in total. The average Bonchev–Trinajstić information content (AvgIpc) is 2.38. The summed E-state index contributed by atoms with van der Waals surface area (Å²) in [6.45, 7) is 10.6. The van der Waals surface area contributed by atoms with Crippen molar-refractivity contribution in [1.29, 1.82) is 0 Å². The van der Waals surface area contributed by atoms with Gasteiger partial charge in [0.2, 0.25) is 0 Å². The van der Waals surface area contributed by atoms with Gasteiger partial charge in [0, 0.05) is 32.4 Å². The number of pyridine rings is 1. The van der Waals surface area contributed by atoms with E-state index in [0.29, 0.717) is 13.1 Å². The average molecular weight is 277 g/mol. The van der Waals surface area contributed by atoms with E-state index in [2.05, 4.69) is 16.0 Å². The number of carbonyl (C=O) groups excluding carboxylic acids is 1. The first kappa shape index (κ1) is 14.6. The van der Waals surface area contributed by atoms with Gasteiger partial charge in [0.05, 0.1) is 0 Å². The van der Waals surface area contributed by atoms with Gasteiger partial charge in [-0.3, -0.25) is 0 Å².